The lowest BCUT2D eigenvalue weighted by Gasteiger charge is -2.04. The summed E-state index contributed by atoms with van der Waals surface area (Å²) in [5.74, 6) is -0.424. The van der Waals surface area contributed by atoms with E-state index >= 15 is 0 Å². The monoisotopic (exact) mass is 184 g/mol. The van der Waals surface area contributed by atoms with Gasteiger partial charge in [-0.2, -0.15) is 0 Å². The van der Waals surface area contributed by atoms with Gasteiger partial charge in [0.15, 0.2) is 11.6 Å². The molecule has 0 aromatic heterocycles. The third-order valence-corrected chi connectivity index (χ3v) is 3.27. The summed E-state index contributed by atoms with van der Waals surface area (Å²) in [6, 6.07) is 0. The molecule has 13 heavy (non-hydrogen) atoms. The van der Waals surface area contributed by atoms with Crippen LogP contribution in [0.3, 0.4) is 0 Å². The predicted octanol–water partition coefficient (Wildman–Crippen LogP) is 1.81. The fourth-order valence-electron chi connectivity index (χ4n) is 2.25. The van der Waals surface area contributed by atoms with Crippen LogP contribution < -0.4 is 0 Å². The van der Waals surface area contributed by atoms with Gasteiger partial charge >= 0.3 is 0 Å². The maximum absolute atomic E-state index is 5.82. The SMILES string of the molecule is CCCCC1OC12CCC1(CO1)O2. The summed E-state index contributed by atoms with van der Waals surface area (Å²) in [5, 5.41) is 0. The van der Waals surface area contributed by atoms with Crippen molar-refractivity contribution in [3.8, 4) is 0 Å². The molecule has 0 aromatic rings. The second kappa shape index (κ2) is 2.47. The standard InChI is InChI=1S/C10H16O3/c1-2-3-4-8-10(12-8)6-5-9(13-10)7-11-9/h8H,2-7H2,1H3. The number of hydrogen-bond acceptors (Lipinski definition) is 3. The summed E-state index contributed by atoms with van der Waals surface area (Å²) in [6.45, 7) is 2.98. The Labute approximate surface area is 78.3 Å². The van der Waals surface area contributed by atoms with Crippen LogP contribution in [0.2, 0.25) is 0 Å². The third-order valence-electron chi connectivity index (χ3n) is 3.27. The summed E-state index contributed by atoms with van der Waals surface area (Å²) < 4.78 is 16.7. The highest BCUT2D eigenvalue weighted by atomic mass is 16.9. The molecule has 74 valence electrons. The number of unbranched alkanes of at least 4 members (excludes halogenated alkanes) is 1. The first-order valence-corrected chi connectivity index (χ1v) is 5.31. The molecule has 0 aromatic carbocycles. The van der Waals surface area contributed by atoms with Crippen LogP contribution >= 0.6 is 0 Å². The zero-order chi connectivity index (χ0) is 8.94. The van der Waals surface area contributed by atoms with Crippen LogP contribution in [0.15, 0.2) is 0 Å². The lowest BCUT2D eigenvalue weighted by molar-refractivity contribution is -0.0962. The third kappa shape index (κ3) is 1.22. The van der Waals surface area contributed by atoms with Gasteiger partial charge in [-0.15, -0.1) is 0 Å². The molecule has 0 amide bonds. The predicted molar refractivity (Wildman–Crippen MR) is 46.1 cm³/mol. The Kier molecular flexibility index (Phi) is 1.56. The van der Waals surface area contributed by atoms with Crippen LogP contribution in [0.1, 0.15) is 39.0 Å². The van der Waals surface area contributed by atoms with Crippen LogP contribution in [0.5, 0.6) is 0 Å². The second-order valence-corrected chi connectivity index (χ2v) is 4.36. The fraction of sp³-hybridized carbons (Fsp3) is 1.00. The summed E-state index contributed by atoms with van der Waals surface area (Å²) in [6.07, 6.45) is 6.03. The molecule has 3 aliphatic rings. The molecule has 3 unspecified atom stereocenters. The molecule has 3 heteroatoms. The maximum Gasteiger partial charge on any atom is 0.198 e. The zero-order valence-electron chi connectivity index (χ0n) is 8.04. The van der Waals surface area contributed by atoms with Crippen LogP contribution in [0.25, 0.3) is 0 Å². The molecule has 0 saturated carbocycles. The molecule has 3 saturated heterocycles. The number of rotatable bonds is 3. The largest absolute Gasteiger partial charge is 0.342 e. The van der Waals surface area contributed by atoms with Crippen molar-refractivity contribution in [3.05, 3.63) is 0 Å². The zero-order valence-corrected chi connectivity index (χ0v) is 8.04. The molecule has 3 fully saturated rings. The molecule has 0 radical (unpaired) electrons. The van der Waals surface area contributed by atoms with Gasteiger partial charge in [-0.25, -0.2) is 0 Å². The number of ether oxygens (including phenoxy) is 3. The molecule has 3 nitrogen and oxygen atoms in total. The topological polar surface area (TPSA) is 34.3 Å². The Morgan fingerprint density at radius 3 is 2.85 bits per heavy atom. The first kappa shape index (κ1) is 8.21. The van der Waals surface area contributed by atoms with Gasteiger partial charge in [0.2, 0.25) is 0 Å². The average molecular weight is 184 g/mol. The van der Waals surface area contributed by atoms with Crippen molar-refractivity contribution in [2.24, 2.45) is 0 Å². The number of epoxide rings is 2. The molecule has 3 heterocycles. The minimum absolute atomic E-state index is 0.207. The van der Waals surface area contributed by atoms with E-state index < -0.39 is 0 Å². The summed E-state index contributed by atoms with van der Waals surface area (Å²) in [4.78, 5) is 0. The Balaban J connectivity index is 1.56. The van der Waals surface area contributed by atoms with Gasteiger partial charge in [0.1, 0.15) is 12.7 Å². The molecular formula is C10H16O3. The van der Waals surface area contributed by atoms with Gasteiger partial charge in [-0.1, -0.05) is 19.8 Å². The van der Waals surface area contributed by atoms with Crippen molar-refractivity contribution in [1.82, 2.24) is 0 Å². The van der Waals surface area contributed by atoms with Crippen LogP contribution in [0.4, 0.5) is 0 Å². The second-order valence-electron chi connectivity index (χ2n) is 4.36. The molecule has 3 atom stereocenters. The van der Waals surface area contributed by atoms with Gasteiger partial charge in [-0.05, 0) is 6.42 Å². The Morgan fingerprint density at radius 1 is 1.38 bits per heavy atom. The summed E-state index contributed by atoms with van der Waals surface area (Å²) in [5.41, 5.74) is 0. The molecule has 0 bridgehead atoms. The van der Waals surface area contributed by atoms with E-state index in [0.717, 1.165) is 25.9 Å². The Morgan fingerprint density at radius 2 is 2.23 bits per heavy atom. The van der Waals surface area contributed by atoms with E-state index in [1.54, 1.807) is 0 Å². The highest BCUT2D eigenvalue weighted by molar-refractivity contribution is 5.05. The van der Waals surface area contributed by atoms with E-state index in [0.29, 0.717) is 6.10 Å². The van der Waals surface area contributed by atoms with E-state index in [-0.39, 0.29) is 11.6 Å². The molecule has 2 spiro atoms. The minimum Gasteiger partial charge on any atom is -0.342 e. The van der Waals surface area contributed by atoms with Gasteiger partial charge in [-0.3, -0.25) is 0 Å². The maximum atomic E-state index is 5.82. The molecule has 3 rings (SSSR count). The first-order valence-electron chi connectivity index (χ1n) is 5.31. The molecular weight excluding hydrogens is 168 g/mol. The van der Waals surface area contributed by atoms with Gasteiger partial charge in [0.05, 0.1) is 0 Å². The lowest BCUT2D eigenvalue weighted by atomic mass is 10.1. The van der Waals surface area contributed by atoms with Crippen LogP contribution in [0, 0.1) is 0 Å². The van der Waals surface area contributed by atoms with E-state index in [9.17, 15) is 0 Å². The van der Waals surface area contributed by atoms with E-state index in [1.165, 1.54) is 12.8 Å². The summed E-state index contributed by atoms with van der Waals surface area (Å²) >= 11 is 0. The fourth-order valence-corrected chi connectivity index (χ4v) is 2.25. The van der Waals surface area contributed by atoms with E-state index in [4.69, 9.17) is 14.2 Å². The summed E-state index contributed by atoms with van der Waals surface area (Å²) in [7, 11) is 0. The van der Waals surface area contributed by atoms with E-state index in [2.05, 4.69) is 6.92 Å². The smallest absolute Gasteiger partial charge is 0.198 e. The highest BCUT2D eigenvalue weighted by Gasteiger charge is 2.69. The molecule has 3 aliphatic heterocycles. The normalized spacial score (nSPS) is 51.9. The minimum atomic E-state index is -0.217. The van der Waals surface area contributed by atoms with E-state index in [1.807, 2.05) is 0 Å². The van der Waals surface area contributed by atoms with Gasteiger partial charge in [0.25, 0.3) is 0 Å². The van der Waals surface area contributed by atoms with Crippen molar-refractivity contribution in [3.63, 3.8) is 0 Å². The first-order chi connectivity index (χ1) is 6.29. The average Bonchev–Trinajstić information content (AvgIpc) is 2.95. The lowest BCUT2D eigenvalue weighted by Crippen LogP contribution is -2.18. The van der Waals surface area contributed by atoms with Crippen molar-refractivity contribution < 1.29 is 14.2 Å². The van der Waals surface area contributed by atoms with Crippen molar-refractivity contribution >= 4 is 0 Å². The van der Waals surface area contributed by atoms with Crippen molar-refractivity contribution in [2.45, 2.75) is 56.7 Å². The molecule has 0 N–H and O–H groups in total. The quantitative estimate of drug-likeness (QED) is 0.627. The Hall–Kier alpha value is -0.120. The Bertz CT molecular complexity index is 224. The van der Waals surface area contributed by atoms with Crippen molar-refractivity contribution in [1.29, 1.82) is 0 Å². The van der Waals surface area contributed by atoms with Crippen LogP contribution in [-0.2, 0) is 14.2 Å². The number of hydrogen-bond donors (Lipinski definition) is 0. The van der Waals surface area contributed by atoms with Crippen molar-refractivity contribution in [2.75, 3.05) is 6.61 Å². The van der Waals surface area contributed by atoms with Crippen LogP contribution in [-0.4, -0.2) is 24.3 Å². The van der Waals surface area contributed by atoms with Gasteiger partial charge in [0, 0.05) is 12.8 Å². The highest BCUT2D eigenvalue weighted by Crippen LogP contribution is 2.57. The molecule has 0 aliphatic carbocycles. The van der Waals surface area contributed by atoms with Gasteiger partial charge < -0.3 is 14.2 Å².